The summed E-state index contributed by atoms with van der Waals surface area (Å²) in [6.45, 7) is 8.51. The van der Waals surface area contributed by atoms with Gasteiger partial charge in [0.05, 0.1) is 18.7 Å². The highest BCUT2D eigenvalue weighted by molar-refractivity contribution is 7.71. The monoisotopic (exact) mass is 265 g/mol. The topological polar surface area (TPSA) is 42.8 Å². The molecule has 98 valence electrons. The zero-order valence-electron chi connectivity index (χ0n) is 11.1. The third-order valence-electron chi connectivity index (χ3n) is 2.78. The van der Waals surface area contributed by atoms with Crippen molar-refractivity contribution in [2.75, 3.05) is 13.2 Å². The van der Waals surface area contributed by atoms with Gasteiger partial charge in [0, 0.05) is 12.8 Å². The zero-order valence-corrected chi connectivity index (χ0v) is 11.9. The highest BCUT2D eigenvalue weighted by Crippen LogP contribution is 2.15. The largest absolute Gasteiger partial charge is 0.379 e. The van der Waals surface area contributed by atoms with Gasteiger partial charge in [0.1, 0.15) is 0 Å². The first kappa shape index (κ1) is 13.2. The number of rotatable bonds is 5. The number of nitrogens with zero attached hydrogens (tertiary/aromatic N) is 2. The predicted octanol–water partition coefficient (Wildman–Crippen LogP) is 3.07. The third kappa shape index (κ3) is 2.79. The molecule has 0 amide bonds. The summed E-state index contributed by atoms with van der Waals surface area (Å²) in [6, 6.07) is 1.98. The molecule has 0 atom stereocenters. The van der Waals surface area contributed by atoms with E-state index in [0.717, 1.165) is 29.9 Å². The Bertz CT molecular complexity index is 585. The first-order valence-corrected chi connectivity index (χ1v) is 6.62. The molecule has 0 aromatic carbocycles. The van der Waals surface area contributed by atoms with E-state index in [-0.39, 0.29) is 0 Å². The summed E-state index contributed by atoms with van der Waals surface area (Å²) in [4.78, 5) is 7.59. The van der Waals surface area contributed by atoms with Gasteiger partial charge in [-0.25, -0.2) is 4.98 Å². The van der Waals surface area contributed by atoms with E-state index in [4.69, 9.17) is 17.0 Å². The summed E-state index contributed by atoms with van der Waals surface area (Å²) in [7, 11) is 0. The molecular formula is C13H19N3OS. The van der Waals surface area contributed by atoms with Crippen LogP contribution in [0, 0.1) is 17.6 Å². The molecule has 0 spiro atoms. The molecule has 2 heterocycles. The Balaban J connectivity index is 2.16. The standard InChI is InChI=1S/C13H19N3OS/c1-9(2)8-17-7-6-16-12-11(15-13(16)18)10(3)4-5-14-12/h4-5,9H,6-8H2,1-3H3,(H,15,18). The molecule has 2 aromatic heterocycles. The van der Waals surface area contributed by atoms with Crippen molar-refractivity contribution in [1.29, 1.82) is 0 Å². The molecule has 0 aliphatic rings. The molecule has 4 nitrogen and oxygen atoms in total. The van der Waals surface area contributed by atoms with Crippen LogP contribution in [-0.4, -0.2) is 27.7 Å². The number of imidazole rings is 1. The zero-order chi connectivity index (χ0) is 13.1. The molecule has 1 N–H and O–H groups in total. The van der Waals surface area contributed by atoms with E-state index >= 15 is 0 Å². The number of nitrogens with one attached hydrogen (secondary N) is 1. The molecule has 0 fully saturated rings. The van der Waals surface area contributed by atoms with Crippen LogP contribution in [0.4, 0.5) is 0 Å². The lowest BCUT2D eigenvalue weighted by molar-refractivity contribution is 0.103. The number of pyridine rings is 1. The van der Waals surface area contributed by atoms with Gasteiger partial charge in [-0.3, -0.25) is 4.57 Å². The maximum Gasteiger partial charge on any atom is 0.179 e. The number of fused-ring (bicyclic) bond motifs is 1. The lowest BCUT2D eigenvalue weighted by atomic mass is 10.2. The average molecular weight is 265 g/mol. The van der Waals surface area contributed by atoms with E-state index in [0.29, 0.717) is 17.3 Å². The molecular weight excluding hydrogens is 246 g/mol. The molecule has 2 rings (SSSR count). The summed E-state index contributed by atoms with van der Waals surface area (Å²) in [5, 5.41) is 0. The molecule has 2 aromatic rings. The fourth-order valence-electron chi connectivity index (χ4n) is 1.86. The van der Waals surface area contributed by atoms with Gasteiger partial charge in [-0.2, -0.15) is 0 Å². The van der Waals surface area contributed by atoms with Crippen molar-refractivity contribution in [3.05, 3.63) is 22.6 Å². The number of aryl methyl sites for hydroxylation is 1. The van der Waals surface area contributed by atoms with Crippen molar-refractivity contribution in [2.24, 2.45) is 5.92 Å². The molecule has 0 unspecified atom stereocenters. The number of hydrogen-bond acceptors (Lipinski definition) is 3. The first-order valence-electron chi connectivity index (χ1n) is 6.21. The summed E-state index contributed by atoms with van der Waals surface area (Å²) in [6.07, 6.45) is 1.81. The van der Waals surface area contributed by atoms with Gasteiger partial charge < -0.3 is 9.72 Å². The number of H-pyrrole nitrogens is 1. The van der Waals surface area contributed by atoms with E-state index in [9.17, 15) is 0 Å². The third-order valence-corrected chi connectivity index (χ3v) is 3.10. The van der Waals surface area contributed by atoms with Gasteiger partial charge in [-0.1, -0.05) is 13.8 Å². The van der Waals surface area contributed by atoms with E-state index in [2.05, 4.69) is 30.7 Å². The van der Waals surface area contributed by atoms with Crippen molar-refractivity contribution in [1.82, 2.24) is 14.5 Å². The Hall–Kier alpha value is -1.20. The minimum atomic E-state index is 0.557. The van der Waals surface area contributed by atoms with Crippen LogP contribution in [0.1, 0.15) is 19.4 Å². The molecule has 0 bridgehead atoms. The first-order chi connectivity index (χ1) is 8.59. The Kier molecular flexibility index (Phi) is 4.14. The summed E-state index contributed by atoms with van der Waals surface area (Å²) >= 11 is 5.33. The average Bonchev–Trinajstić information content (AvgIpc) is 2.63. The molecule has 5 heteroatoms. The number of hydrogen-bond donors (Lipinski definition) is 1. The summed E-state index contributed by atoms with van der Waals surface area (Å²) < 4.78 is 8.30. The van der Waals surface area contributed by atoms with Gasteiger partial charge in [0.15, 0.2) is 10.4 Å². The second-order valence-electron chi connectivity index (χ2n) is 4.88. The lowest BCUT2D eigenvalue weighted by Gasteiger charge is -2.07. The van der Waals surface area contributed by atoms with Crippen molar-refractivity contribution in [3.63, 3.8) is 0 Å². The van der Waals surface area contributed by atoms with E-state index < -0.39 is 0 Å². The molecule has 0 saturated heterocycles. The fraction of sp³-hybridized carbons (Fsp3) is 0.538. The van der Waals surface area contributed by atoms with Gasteiger partial charge >= 0.3 is 0 Å². The Labute approximate surface area is 112 Å². The van der Waals surface area contributed by atoms with Gasteiger partial charge in [0.2, 0.25) is 0 Å². The predicted molar refractivity (Wildman–Crippen MR) is 75.3 cm³/mol. The van der Waals surface area contributed by atoms with E-state index in [1.165, 1.54) is 0 Å². The second kappa shape index (κ2) is 5.63. The van der Waals surface area contributed by atoms with Crippen LogP contribution in [0.25, 0.3) is 11.2 Å². The van der Waals surface area contributed by atoms with Gasteiger partial charge in [0.25, 0.3) is 0 Å². The van der Waals surface area contributed by atoms with Crippen LogP contribution >= 0.6 is 12.2 Å². The Morgan fingerprint density at radius 1 is 1.50 bits per heavy atom. The van der Waals surface area contributed by atoms with E-state index in [1.807, 2.05) is 16.8 Å². The lowest BCUT2D eigenvalue weighted by Crippen LogP contribution is -2.09. The van der Waals surface area contributed by atoms with Crippen molar-refractivity contribution in [3.8, 4) is 0 Å². The maximum absolute atomic E-state index is 5.59. The quantitative estimate of drug-likeness (QED) is 0.667. The minimum Gasteiger partial charge on any atom is -0.379 e. The number of aromatic amines is 1. The van der Waals surface area contributed by atoms with E-state index in [1.54, 1.807) is 0 Å². The molecule has 0 saturated carbocycles. The van der Waals surface area contributed by atoms with Crippen molar-refractivity contribution >= 4 is 23.4 Å². The summed E-state index contributed by atoms with van der Waals surface area (Å²) in [5.41, 5.74) is 3.09. The van der Waals surface area contributed by atoms with Crippen LogP contribution in [0.3, 0.4) is 0 Å². The smallest absolute Gasteiger partial charge is 0.179 e. The normalized spacial score (nSPS) is 11.6. The van der Waals surface area contributed by atoms with Gasteiger partial charge in [-0.05, 0) is 36.7 Å². The molecule has 0 radical (unpaired) electrons. The van der Waals surface area contributed by atoms with Crippen molar-refractivity contribution in [2.45, 2.75) is 27.3 Å². The van der Waals surface area contributed by atoms with Crippen LogP contribution in [0.15, 0.2) is 12.3 Å². The van der Waals surface area contributed by atoms with Gasteiger partial charge in [-0.15, -0.1) is 0 Å². The highest BCUT2D eigenvalue weighted by atomic mass is 32.1. The minimum absolute atomic E-state index is 0.557. The Morgan fingerprint density at radius 2 is 2.28 bits per heavy atom. The number of ether oxygens (including phenoxy) is 1. The fourth-order valence-corrected chi connectivity index (χ4v) is 2.14. The van der Waals surface area contributed by atoms with Crippen LogP contribution in [0.2, 0.25) is 0 Å². The van der Waals surface area contributed by atoms with Crippen LogP contribution in [-0.2, 0) is 11.3 Å². The number of aromatic nitrogens is 3. The highest BCUT2D eigenvalue weighted by Gasteiger charge is 2.07. The Morgan fingerprint density at radius 3 is 3.00 bits per heavy atom. The molecule has 0 aliphatic carbocycles. The summed E-state index contributed by atoms with van der Waals surface area (Å²) in [5.74, 6) is 0.557. The SMILES string of the molecule is Cc1ccnc2c1[nH]c(=S)n2CCOCC(C)C. The van der Waals surface area contributed by atoms with Crippen LogP contribution in [0.5, 0.6) is 0 Å². The van der Waals surface area contributed by atoms with Crippen molar-refractivity contribution < 1.29 is 4.74 Å². The molecule has 18 heavy (non-hydrogen) atoms. The second-order valence-corrected chi connectivity index (χ2v) is 5.26. The molecule has 0 aliphatic heterocycles. The maximum atomic E-state index is 5.59. The van der Waals surface area contributed by atoms with Crippen LogP contribution < -0.4 is 0 Å².